The van der Waals surface area contributed by atoms with Crippen molar-refractivity contribution in [3.8, 4) is 0 Å². The molecule has 12 heavy (non-hydrogen) atoms. The van der Waals surface area contributed by atoms with E-state index in [1.807, 2.05) is 0 Å². The minimum atomic E-state index is -0.481. The van der Waals surface area contributed by atoms with E-state index in [-0.39, 0.29) is 0 Å². The third kappa shape index (κ3) is 23.5. The predicted molar refractivity (Wildman–Crippen MR) is 45.4 cm³/mol. The van der Waals surface area contributed by atoms with Crippen molar-refractivity contribution >= 4 is 18.5 Å². The smallest absolute Gasteiger partial charge is 0.240 e. The molecule has 0 unspecified atom stereocenters. The molecule has 0 heterocycles. The zero-order chi connectivity index (χ0) is 9.82. The topological polar surface area (TPSA) is 77.2 Å². The minimum Gasteiger partial charge on any atom is -0.366 e. The second-order valence-electron chi connectivity index (χ2n) is 1.87. The summed E-state index contributed by atoms with van der Waals surface area (Å²) < 4.78 is 0. The lowest BCUT2D eigenvalue weighted by molar-refractivity contribution is -0.113. The molecule has 0 saturated heterocycles. The van der Waals surface area contributed by atoms with Crippen LogP contribution in [-0.2, 0) is 14.4 Å². The van der Waals surface area contributed by atoms with Gasteiger partial charge in [0.2, 0.25) is 5.91 Å². The normalized spacial score (nSPS) is 7.33. The standard InChI is InChI=1S/C5H8O2.C3H5NO/c6-4-2-1-3-5-7;1-2-3(4)5/h4-5H,1-3H2;2H,1H2,(H2,4,5). The lowest BCUT2D eigenvalue weighted by atomic mass is 10.3. The van der Waals surface area contributed by atoms with E-state index in [1.165, 1.54) is 0 Å². The van der Waals surface area contributed by atoms with E-state index in [2.05, 4.69) is 12.3 Å². The molecule has 0 aliphatic heterocycles. The van der Waals surface area contributed by atoms with Gasteiger partial charge in [-0.3, -0.25) is 4.79 Å². The highest BCUT2D eigenvalue weighted by molar-refractivity contribution is 5.84. The van der Waals surface area contributed by atoms with Crippen LogP contribution in [0.4, 0.5) is 0 Å². The molecule has 0 bridgehead atoms. The lowest BCUT2D eigenvalue weighted by Gasteiger charge is -1.78. The Hall–Kier alpha value is -1.45. The highest BCUT2D eigenvalue weighted by Gasteiger charge is 1.80. The summed E-state index contributed by atoms with van der Waals surface area (Å²) in [7, 11) is 0. The Kier molecular flexibility index (Phi) is 13.4. The first-order valence-corrected chi connectivity index (χ1v) is 3.48. The number of unbranched alkanes of at least 4 members (excludes halogenated alkanes) is 2. The summed E-state index contributed by atoms with van der Waals surface area (Å²) in [6.45, 7) is 3.09. The van der Waals surface area contributed by atoms with Crippen molar-refractivity contribution in [2.75, 3.05) is 0 Å². The molecule has 0 saturated carbocycles. The van der Waals surface area contributed by atoms with Crippen LogP contribution >= 0.6 is 0 Å². The molecular weight excluding hydrogens is 158 g/mol. The Morgan fingerprint density at radius 1 is 1.25 bits per heavy atom. The second kappa shape index (κ2) is 12.2. The van der Waals surface area contributed by atoms with Gasteiger partial charge in [-0.2, -0.15) is 0 Å². The van der Waals surface area contributed by atoms with Crippen molar-refractivity contribution in [3.63, 3.8) is 0 Å². The van der Waals surface area contributed by atoms with Gasteiger partial charge in [0.25, 0.3) is 0 Å². The van der Waals surface area contributed by atoms with E-state index < -0.39 is 5.91 Å². The van der Waals surface area contributed by atoms with E-state index in [0.717, 1.165) is 18.6 Å². The van der Waals surface area contributed by atoms with Crippen LogP contribution in [0.25, 0.3) is 0 Å². The van der Waals surface area contributed by atoms with Gasteiger partial charge in [0.15, 0.2) is 0 Å². The molecule has 0 atom stereocenters. The predicted octanol–water partition coefficient (Wildman–Crippen LogP) is 0.212. The van der Waals surface area contributed by atoms with E-state index in [9.17, 15) is 14.4 Å². The van der Waals surface area contributed by atoms with Gasteiger partial charge in [-0.05, 0) is 12.5 Å². The van der Waals surface area contributed by atoms with Crippen molar-refractivity contribution < 1.29 is 14.4 Å². The first kappa shape index (κ1) is 13.2. The number of hydrogen-bond acceptors (Lipinski definition) is 3. The molecular formula is C8H13NO3. The molecule has 4 heteroatoms. The van der Waals surface area contributed by atoms with E-state index >= 15 is 0 Å². The Morgan fingerprint density at radius 2 is 1.58 bits per heavy atom. The van der Waals surface area contributed by atoms with Crippen LogP contribution in [0, 0.1) is 0 Å². The van der Waals surface area contributed by atoms with Crippen LogP contribution in [-0.4, -0.2) is 18.5 Å². The van der Waals surface area contributed by atoms with Crippen LogP contribution in [0.5, 0.6) is 0 Å². The summed E-state index contributed by atoms with van der Waals surface area (Å²) in [4.78, 5) is 28.6. The Morgan fingerprint density at radius 3 is 1.75 bits per heavy atom. The fourth-order valence-corrected chi connectivity index (χ4v) is 0.285. The Labute approximate surface area is 71.4 Å². The van der Waals surface area contributed by atoms with Crippen molar-refractivity contribution in [2.45, 2.75) is 19.3 Å². The molecule has 0 aliphatic carbocycles. The lowest BCUT2D eigenvalue weighted by Crippen LogP contribution is -2.04. The molecule has 2 N–H and O–H groups in total. The average molecular weight is 171 g/mol. The van der Waals surface area contributed by atoms with Crippen LogP contribution in [0.15, 0.2) is 12.7 Å². The number of hydrogen-bond donors (Lipinski definition) is 1. The maximum atomic E-state index is 9.56. The van der Waals surface area contributed by atoms with Gasteiger partial charge in [0.05, 0.1) is 0 Å². The number of carbonyl (C=O) groups excluding carboxylic acids is 3. The zero-order valence-electron chi connectivity index (χ0n) is 6.86. The van der Waals surface area contributed by atoms with Crippen molar-refractivity contribution in [2.24, 2.45) is 5.73 Å². The summed E-state index contributed by atoms with van der Waals surface area (Å²) in [6.07, 6.45) is 4.43. The largest absolute Gasteiger partial charge is 0.366 e. The van der Waals surface area contributed by atoms with Gasteiger partial charge in [-0.15, -0.1) is 0 Å². The molecule has 0 aliphatic rings. The van der Waals surface area contributed by atoms with E-state index in [1.54, 1.807) is 0 Å². The maximum Gasteiger partial charge on any atom is 0.240 e. The Bertz CT molecular complexity index is 146. The number of primary amides is 1. The fraction of sp³-hybridized carbons (Fsp3) is 0.375. The Balaban J connectivity index is 0. The number of carbonyl (C=O) groups is 3. The van der Waals surface area contributed by atoms with Gasteiger partial charge in [0, 0.05) is 12.8 Å². The highest BCUT2D eigenvalue weighted by Crippen LogP contribution is 1.85. The van der Waals surface area contributed by atoms with Crippen LogP contribution < -0.4 is 5.73 Å². The summed E-state index contributed by atoms with van der Waals surface area (Å²) in [6, 6.07) is 0. The minimum absolute atomic E-state index is 0.481. The van der Waals surface area contributed by atoms with Crippen LogP contribution in [0.3, 0.4) is 0 Å². The van der Waals surface area contributed by atoms with Gasteiger partial charge in [-0.1, -0.05) is 6.58 Å². The molecule has 1 amide bonds. The SMILES string of the molecule is C=CC(N)=O.O=CCCCC=O. The van der Waals surface area contributed by atoms with Crippen LogP contribution in [0.2, 0.25) is 0 Å². The van der Waals surface area contributed by atoms with E-state index in [4.69, 9.17) is 0 Å². The number of amides is 1. The number of nitrogens with two attached hydrogens (primary N) is 1. The van der Waals surface area contributed by atoms with Gasteiger partial charge in [0.1, 0.15) is 12.6 Å². The molecule has 0 rings (SSSR count). The van der Waals surface area contributed by atoms with Gasteiger partial charge in [-0.25, -0.2) is 0 Å². The molecule has 0 spiro atoms. The van der Waals surface area contributed by atoms with Crippen molar-refractivity contribution in [1.29, 1.82) is 0 Å². The third-order valence-corrected chi connectivity index (χ3v) is 0.845. The number of aldehydes is 2. The summed E-state index contributed by atoms with van der Waals surface area (Å²) >= 11 is 0. The first-order valence-electron chi connectivity index (χ1n) is 3.48. The first-order chi connectivity index (χ1) is 5.68. The summed E-state index contributed by atoms with van der Waals surface area (Å²) in [5, 5.41) is 0. The monoisotopic (exact) mass is 171 g/mol. The molecule has 0 fully saturated rings. The molecule has 4 nitrogen and oxygen atoms in total. The third-order valence-electron chi connectivity index (χ3n) is 0.845. The maximum absolute atomic E-state index is 9.56. The molecule has 0 aromatic heterocycles. The molecule has 0 aromatic rings. The van der Waals surface area contributed by atoms with Gasteiger partial charge < -0.3 is 15.3 Å². The molecule has 0 aromatic carbocycles. The van der Waals surface area contributed by atoms with Crippen molar-refractivity contribution in [1.82, 2.24) is 0 Å². The fourth-order valence-electron chi connectivity index (χ4n) is 0.285. The highest BCUT2D eigenvalue weighted by atomic mass is 16.1. The van der Waals surface area contributed by atoms with E-state index in [0.29, 0.717) is 19.3 Å². The van der Waals surface area contributed by atoms with Crippen LogP contribution in [0.1, 0.15) is 19.3 Å². The molecule has 68 valence electrons. The number of rotatable bonds is 5. The summed E-state index contributed by atoms with van der Waals surface area (Å²) in [5.41, 5.74) is 4.53. The quantitative estimate of drug-likeness (QED) is 0.365. The van der Waals surface area contributed by atoms with Crippen molar-refractivity contribution in [3.05, 3.63) is 12.7 Å². The molecule has 0 radical (unpaired) electrons. The average Bonchev–Trinajstić information content (AvgIpc) is 2.07. The van der Waals surface area contributed by atoms with Gasteiger partial charge >= 0.3 is 0 Å². The second-order valence-corrected chi connectivity index (χ2v) is 1.87. The zero-order valence-corrected chi connectivity index (χ0v) is 6.86. The summed E-state index contributed by atoms with van der Waals surface area (Å²) in [5.74, 6) is -0.481.